The molecule has 1 amide bonds. The molecule has 41 heavy (non-hydrogen) atoms. The molecule has 0 spiro atoms. The SMILES string of the molecule is COc1cccc(F)c1-c1cncc(Nc2cc(F)ccc2N2CCC(NS(=O)(=O)NC(=O)OC(C)(C)C)CC2)n1. The summed E-state index contributed by atoms with van der Waals surface area (Å²) in [6.07, 6.45) is 2.62. The number of aromatic nitrogens is 2. The standard InChI is InChI=1S/C27H32F2N6O5S/c1-27(2,3)40-26(36)34-41(37,38)33-18-10-12-35(13-11-18)22-9-8-17(28)14-20(22)31-24-16-30-15-21(32-24)25-19(29)6-5-7-23(25)39-4/h5-9,14-16,18,33H,10-13H2,1-4H3,(H,31,32)(H,34,36). The number of carbonyl (C=O) groups is 1. The minimum atomic E-state index is -4.13. The van der Waals surface area contributed by atoms with Crippen LogP contribution in [0.3, 0.4) is 0 Å². The van der Waals surface area contributed by atoms with E-state index < -0.39 is 39.6 Å². The van der Waals surface area contributed by atoms with Gasteiger partial charge in [-0.2, -0.15) is 13.1 Å². The van der Waals surface area contributed by atoms with E-state index in [1.54, 1.807) is 32.9 Å². The molecule has 0 radical (unpaired) electrons. The molecule has 3 aromatic rings. The van der Waals surface area contributed by atoms with Gasteiger partial charge in [-0.05, 0) is 63.9 Å². The van der Waals surface area contributed by atoms with E-state index >= 15 is 0 Å². The molecule has 14 heteroatoms. The van der Waals surface area contributed by atoms with Gasteiger partial charge in [0.25, 0.3) is 0 Å². The van der Waals surface area contributed by atoms with Crippen LogP contribution in [0.5, 0.6) is 5.75 Å². The molecule has 1 aromatic heterocycles. The normalized spacial score (nSPS) is 14.4. The van der Waals surface area contributed by atoms with Crippen LogP contribution < -0.4 is 24.4 Å². The molecule has 2 heterocycles. The molecule has 2 aromatic carbocycles. The number of nitrogens with one attached hydrogen (secondary N) is 3. The molecule has 1 aliphatic heterocycles. The van der Waals surface area contributed by atoms with Crippen LogP contribution in [0, 0.1) is 11.6 Å². The summed E-state index contributed by atoms with van der Waals surface area (Å²) in [4.78, 5) is 22.5. The van der Waals surface area contributed by atoms with E-state index in [4.69, 9.17) is 9.47 Å². The first-order valence-corrected chi connectivity index (χ1v) is 14.3. The Morgan fingerprint density at radius 3 is 2.51 bits per heavy atom. The predicted molar refractivity (Wildman–Crippen MR) is 150 cm³/mol. The monoisotopic (exact) mass is 590 g/mol. The molecule has 0 aliphatic carbocycles. The van der Waals surface area contributed by atoms with Crippen molar-refractivity contribution in [1.82, 2.24) is 19.4 Å². The highest BCUT2D eigenvalue weighted by molar-refractivity contribution is 7.88. The van der Waals surface area contributed by atoms with Crippen molar-refractivity contribution in [2.24, 2.45) is 0 Å². The minimum absolute atomic E-state index is 0.149. The number of carbonyl (C=O) groups excluding carboxylic acids is 1. The summed E-state index contributed by atoms with van der Waals surface area (Å²) in [5.41, 5.74) is 0.605. The zero-order valence-electron chi connectivity index (χ0n) is 23.1. The number of piperidine rings is 1. The molecule has 11 nitrogen and oxygen atoms in total. The molecule has 1 fully saturated rings. The van der Waals surface area contributed by atoms with Gasteiger partial charge in [0, 0.05) is 19.1 Å². The van der Waals surface area contributed by atoms with Crippen LogP contribution in [0.25, 0.3) is 11.3 Å². The van der Waals surface area contributed by atoms with Crippen molar-refractivity contribution < 1.29 is 31.5 Å². The molecule has 3 N–H and O–H groups in total. The molecule has 0 atom stereocenters. The molecule has 0 saturated carbocycles. The Kier molecular flexibility index (Phi) is 8.92. The van der Waals surface area contributed by atoms with E-state index in [0.717, 1.165) is 0 Å². The van der Waals surface area contributed by atoms with Gasteiger partial charge in [0.05, 0.1) is 42.1 Å². The van der Waals surface area contributed by atoms with Crippen molar-refractivity contribution in [1.29, 1.82) is 0 Å². The predicted octanol–water partition coefficient (Wildman–Crippen LogP) is 4.50. The maximum absolute atomic E-state index is 14.6. The molecule has 0 bridgehead atoms. The Morgan fingerprint density at radius 2 is 1.83 bits per heavy atom. The summed E-state index contributed by atoms with van der Waals surface area (Å²) in [5, 5.41) is 3.08. The number of ether oxygens (including phenoxy) is 2. The lowest BCUT2D eigenvalue weighted by atomic mass is 10.0. The van der Waals surface area contributed by atoms with Gasteiger partial charge >= 0.3 is 16.3 Å². The highest BCUT2D eigenvalue weighted by Gasteiger charge is 2.27. The van der Waals surface area contributed by atoms with Gasteiger partial charge in [-0.1, -0.05) is 6.07 Å². The number of rotatable bonds is 8. The number of anilines is 3. The zero-order chi connectivity index (χ0) is 29.8. The largest absolute Gasteiger partial charge is 0.496 e. The lowest BCUT2D eigenvalue weighted by Crippen LogP contribution is -2.50. The second-order valence-corrected chi connectivity index (χ2v) is 11.8. The van der Waals surface area contributed by atoms with E-state index in [0.29, 0.717) is 43.1 Å². The van der Waals surface area contributed by atoms with Crippen molar-refractivity contribution in [3.63, 3.8) is 0 Å². The average molecular weight is 591 g/mol. The van der Waals surface area contributed by atoms with Crippen molar-refractivity contribution in [3.05, 3.63) is 60.4 Å². The molecule has 4 rings (SSSR count). The quantitative estimate of drug-likeness (QED) is 0.347. The van der Waals surface area contributed by atoms with Crippen molar-refractivity contribution in [2.75, 3.05) is 30.4 Å². The maximum Gasteiger partial charge on any atom is 0.422 e. The summed E-state index contributed by atoms with van der Waals surface area (Å²) in [5.74, 6) is -0.452. The topological polar surface area (TPSA) is 135 Å². The lowest BCUT2D eigenvalue weighted by Gasteiger charge is -2.35. The van der Waals surface area contributed by atoms with Crippen molar-refractivity contribution >= 4 is 33.5 Å². The first kappa shape index (κ1) is 29.9. The molecular weight excluding hydrogens is 558 g/mol. The van der Waals surface area contributed by atoms with Gasteiger partial charge in [0.1, 0.15) is 28.8 Å². The van der Waals surface area contributed by atoms with E-state index in [-0.39, 0.29) is 17.1 Å². The average Bonchev–Trinajstić information content (AvgIpc) is 2.87. The van der Waals surface area contributed by atoms with E-state index in [1.165, 1.54) is 43.8 Å². The van der Waals surface area contributed by atoms with Crippen LogP contribution in [0.2, 0.25) is 0 Å². The Labute approximate surface area is 237 Å². The van der Waals surface area contributed by atoms with E-state index in [2.05, 4.69) is 20.0 Å². The molecular formula is C27H32F2N6O5S. The fourth-order valence-electron chi connectivity index (χ4n) is 4.39. The molecule has 0 unspecified atom stereocenters. The number of hydrogen-bond donors (Lipinski definition) is 3. The van der Waals surface area contributed by atoms with E-state index in [9.17, 15) is 22.0 Å². The first-order chi connectivity index (χ1) is 19.3. The third kappa shape index (κ3) is 8.01. The second kappa shape index (κ2) is 12.2. The first-order valence-electron chi connectivity index (χ1n) is 12.8. The van der Waals surface area contributed by atoms with Gasteiger partial charge < -0.3 is 19.7 Å². The zero-order valence-corrected chi connectivity index (χ0v) is 23.9. The second-order valence-electron chi connectivity index (χ2n) is 10.4. The highest BCUT2D eigenvalue weighted by atomic mass is 32.2. The summed E-state index contributed by atoms with van der Waals surface area (Å²) < 4.78 is 68.3. The number of halogens is 2. The number of nitrogens with zero attached hydrogens (tertiary/aromatic N) is 3. The van der Waals surface area contributed by atoms with Crippen LogP contribution in [-0.4, -0.2) is 56.3 Å². The van der Waals surface area contributed by atoms with Crippen molar-refractivity contribution in [2.45, 2.75) is 45.3 Å². The summed E-state index contributed by atoms with van der Waals surface area (Å²) in [6, 6.07) is 8.26. The third-order valence-corrected chi connectivity index (χ3v) is 7.16. The fraction of sp³-hybridized carbons (Fsp3) is 0.370. The lowest BCUT2D eigenvalue weighted by molar-refractivity contribution is 0.0569. The Bertz CT molecular complexity index is 1510. The molecule has 1 aliphatic rings. The maximum atomic E-state index is 14.6. The molecule has 1 saturated heterocycles. The minimum Gasteiger partial charge on any atom is -0.496 e. The van der Waals surface area contributed by atoms with Crippen LogP contribution in [0.4, 0.5) is 30.8 Å². The summed E-state index contributed by atoms with van der Waals surface area (Å²) in [6.45, 7) is 5.77. The Hall–Kier alpha value is -4.04. The smallest absolute Gasteiger partial charge is 0.422 e. The number of benzene rings is 2. The van der Waals surface area contributed by atoms with Gasteiger partial charge in [0.15, 0.2) is 0 Å². The third-order valence-electron chi connectivity index (χ3n) is 6.08. The summed E-state index contributed by atoms with van der Waals surface area (Å²) >= 11 is 0. The molecule has 220 valence electrons. The number of hydrogen-bond acceptors (Lipinski definition) is 9. The Balaban J connectivity index is 1.46. The van der Waals surface area contributed by atoms with Gasteiger partial charge in [0.2, 0.25) is 0 Å². The van der Waals surface area contributed by atoms with E-state index in [1.807, 2.05) is 9.62 Å². The van der Waals surface area contributed by atoms with Gasteiger partial charge in [-0.25, -0.2) is 23.3 Å². The van der Waals surface area contributed by atoms with Crippen LogP contribution >= 0.6 is 0 Å². The van der Waals surface area contributed by atoms with Crippen LogP contribution in [0.1, 0.15) is 33.6 Å². The van der Waals surface area contributed by atoms with Gasteiger partial charge in [-0.3, -0.25) is 4.98 Å². The summed E-state index contributed by atoms with van der Waals surface area (Å²) in [7, 11) is -2.70. The van der Waals surface area contributed by atoms with Gasteiger partial charge in [-0.15, -0.1) is 0 Å². The Morgan fingerprint density at radius 1 is 1.10 bits per heavy atom. The van der Waals surface area contributed by atoms with Crippen molar-refractivity contribution in [3.8, 4) is 17.0 Å². The highest BCUT2D eigenvalue weighted by Crippen LogP contribution is 2.34. The fourth-order valence-corrected chi connectivity index (χ4v) is 5.38. The van der Waals surface area contributed by atoms with Crippen LogP contribution in [0.15, 0.2) is 48.8 Å². The number of methoxy groups -OCH3 is 1. The van der Waals surface area contributed by atoms with Crippen LogP contribution in [-0.2, 0) is 14.9 Å². The number of amides is 1.